The Bertz CT molecular complexity index is 203. The zero-order valence-corrected chi connectivity index (χ0v) is 10.1. The lowest BCUT2D eigenvalue weighted by Gasteiger charge is -2.45. The van der Waals surface area contributed by atoms with E-state index in [2.05, 4.69) is 19.2 Å². The maximum absolute atomic E-state index is 10.6. The van der Waals surface area contributed by atoms with E-state index in [1.54, 1.807) is 0 Å². The van der Waals surface area contributed by atoms with Gasteiger partial charge >= 0.3 is 0 Å². The molecule has 0 aromatic heterocycles. The molecule has 2 fully saturated rings. The molecule has 0 aromatic rings. The lowest BCUT2D eigenvalue weighted by atomic mass is 9.74. The minimum absolute atomic E-state index is 0.356. The van der Waals surface area contributed by atoms with Gasteiger partial charge in [-0.3, -0.25) is 0 Å². The van der Waals surface area contributed by atoms with Gasteiger partial charge in [0.1, 0.15) is 0 Å². The number of piperidine rings is 2. The van der Waals surface area contributed by atoms with Gasteiger partial charge in [0.15, 0.2) is 0 Å². The van der Waals surface area contributed by atoms with Gasteiger partial charge < -0.3 is 10.4 Å². The highest BCUT2D eigenvalue weighted by atomic mass is 16.3. The van der Waals surface area contributed by atoms with Gasteiger partial charge in [0.25, 0.3) is 0 Å². The molecule has 0 radical (unpaired) electrons. The molecule has 2 atom stereocenters. The lowest BCUT2D eigenvalue weighted by molar-refractivity contribution is -0.0404. The minimum atomic E-state index is -0.356. The molecule has 2 heterocycles. The summed E-state index contributed by atoms with van der Waals surface area (Å²) in [6.07, 6.45) is 8.01. The number of nitrogens with one attached hydrogen (secondary N) is 1. The van der Waals surface area contributed by atoms with Crippen LogP contribution < -0.4 is 5.32 Å². The highest BCUT2D eigenvalue weighted by Crippen LogP contribution is 2.36. The van der Waals surface area contributed by atoms with Crippen molar-refractivity contribution < 1.29 is 5.11 Å². The van der Waals surface area contributed by atoms with Gasteiger partial charge in [0.2, 0.25) is 0 Å². The van der Waals surface area contributed by atoms with Gasteiger partial charge in [-0.05, 0) is 44.4 Å². The second kappa shape index (κ2) is 4.42. The van der Waals surface area contributed by atoms with Gasteiger partial charge in [-0.1, -0.05) is 20.3 Å². The van der Waals surface area contributed by atoms with Crippen LogP contribution in [0.2, 0.25) is 0 Å². The molecule has 2 rings (SSSR count). The second-order valence-electron chi connectivity index (χ2n) is 6.06. The summed E-state index contributed by atoms with van der Waals surface area (Å²) in [7, 11) is 0. The summed E-state index contributed by atoms with van der Waals surface area (Å²) < 4.78 is 0. The van der Waals surface area contributed by atoms with Gasteiger partial charge in [-0.2, -0.15) is 0 Å². The molecule has 0 saturated carbocycles. The molecule has 2 aliphatic rings. The molecule has 0 aliphatic carbocycles. The standard InChI is InChI=1S/C13H25NO/c1-10(2)6-7-13(15)8-11-4-3-5-12(9-13)14-11/h10-12,14-15H,3-9H2,1-2H3. The van der Waals surface area contributed by atoms with E-state index < -0.39 is 0 Å². The predicted octanol–water partition coefficient (Wildman–Crippen LogP) is 2.46. The molecule has 2 saturated heterocycles. The van der Waals surface area contributed by atoms with Crippen LogP contribution in [0.25, 0.3) is 0 Å². The SMILES string of the molecule is CC(C)CCC1(O)CC2CCCC(C1)N2. The zero-order valence-electron chi connectivity index (χ0n) is 10.1. The average molecular weight is 211 g/mol. The van der Waals surface area contributed by atoms with E-state index in [1.165, 1.54) is 19.3 Å². The smallest absolute Gasteiger partial charge is 0.0677 e. The van der Waals surface area contributed by atoms with Crippen LogP contribution in [-0.4, -0.2) is 22.8 Å². The average Bonchev–Trinajstić information content (AvgIpc) is 2.14. The van der Waals surface area contributed by atoms with Crippen molar-refractivity contribution in [3.63, 3.8) is 0 Å². The Morgan fingerprint density at radius 1 is 1.27 bits per heavy atom. The Balaban J connectivity index is 1.90. The third-order valence-corrected chi connectivity index (χ3v) is 4.02. The monoisotopic (exact) mass is 211 g/mol. The number of rotatable bonds is 3. The molecule has 2 aliphatic heterocycles. The van der Waals surface area contributed by atoms with Crippen molar-refractivity contribution >= 4 is 0 Å². The first-order chi connectivity index (χ1) is 7.07. The summed E-state index contributed by atoms with van der Waals surface area (Å²) in [6, 6.07) is 1.18. The van der Waals surface area contributed by atoms with E-state index >= 15 is 0 Å². The molecular weight excluding hydrogens is 186 g/mol. The highest BCUT2D eigenvalue weighted by molar-refractivity contribution is 4.97. The predicted molar refractivity (Wildman–Crippen MR) is 62.8 cm³/mol. The summed E-state index contributed by atoms with van der Waals surface area (Å²) in [4.78, 5) is 0. The van der Waals surface area contributed by atoms with E-state index in [1.807, 2.05) is 0 Å². The van der Waals surface area contributed by atoms with E-state index in [9.17, 15) is 5.11 Å². The number of hydrogen-bond acceptors (Lipinski definition) is 2. The van der Waals surface area contributed by atoms with E-state index in [-0.39, 0.29) is 5.60 Å². The fourth-order valence-corrected chi connectivity index (χ4v) is 3.19. The Labute approximate surface area is 93.5 Å². The molecule has 2 nitrogen and oxygen atoms in total. The molecule has 0 aromatic carbocycles. The van der Waals surface area contributed by atoms with Crippen LogP contribution in [0.5, 0.6) is 0 Å². The van der Waals surface area contributed by atoms with Gasteiger partial charge in [-0.25, -0.2) is 0 Å². The minimum Gasteiger partial charge on any atom is -0.390 e. The van der Waals surface area contributed by atoms with Crippen LogP contribution in [0.1, 0.15) is 58.8 Å². The zero-order chi connectivity index (χ0) is 10.9. The van der Waals surface area contributed by atoms with Crippen LogP contribution in [-0.2, 0) is 0 Å². The maximum atomic E-state index is 10.6. The molecule has 2 heteroatoms. The van der Waals surface area contributed by atoms with Crippen molar-refractivity contribution in [1.29, 1.82) is 0 Å². The molecule has 0 spiro atoms. The summed E-state index contributed by atoms with van der Waals surface area (Å²) >= 11 is 0. The second-order valence-corrected chi connectivity index (χ2v) is 6.06. The first kappa shape index (κ1) is 11.4. The van der Waals surface area contributed by atoms with Crippen LogP contribution in [0.4, 0.5) is 0 Å². The fourth-order valence-electron chi connectivity index (χ4n) is 3.19. The van der Waals surface area contributed by atoms with Crippen molar-refractivity contribution in [3.05, 3.63) is 0 Å². The topological polar surface area (TPSA) is 32.3 Å². The van der Waals surface area contributed by atoms with E-state index in [4.69, 9.17) is 0 Å². The third kappa shape index (κ3) is 2.94. The fraction of sp³-hybridized carbons (Fsp3) is 1.00. The first-order valence-electron chi connectivity index (χ1n) is 6.56. The molecule has 2 unspecified atom stereocenters. The summed E-state index contributed by atoms with van der Waals surface area (Å²) in [6.45, 7) is 4.48. The molecule has 2 N–H and O–H groups in total. The molecule has 88 valence electrons. The van der Waals surface area contributed by atoms with Crippen molar-refractivity contribution in [3.8, 4) is 0 Å². The molecular formula is C13H25NO. The number of fused-ring (bicyclic) bond motifs is 2. The molecule has 2 bridgehead atoms. The number of aliphatic hydroxyl groups is 1. The Hall–Kier alpha value is -0.0800. The van der Waals surface area contributed by atoms with Crippen molar-refractivity contribution in [2.75, 3.05) is 0 Å². The molecule has 15 heavy (non-hydrogen) atoms. The van der Waals surface area contributed by atoms with Gasteiger partial charge in [-0.15, -0.1) is 0 Å². The summed E-state index contributed by atoms with van der Waals surface area (Å²) in [5, 5.41) is 14.2. The molecule has 0 amide bonds. The van der Waals surface area contributed by atoms with Crippen LogP contribution in [0.15, 0.2) is 0 Å². The number of hydrogen-bond donors (Lipinski definition) is 2. The Kier molecular flexibility index (Phi) is 3.36. The third-order valence-electron chi connectivity index (χ3n) is 4.02. The van der Waals surface area contributed by atoms with Crippen molar-refractivity contribution in [1.82, 2.24) is 5.32 Å². The van der Waals surface area contributed by atoms with Crippen molar-refractivity contribution in [2.45, 2.75) is 76.5 Å². The lowest BCUT2D eigenvalue weighted by Crippen LogP contribution is -2.55. The summed E-state index contributed by atoms with van der Waals surface area (Å²) in [5.41, 5.74) is -0.356. The van der Waals surface area contributed by atoms with Gasteiger partial charge in [0.05, 0.1) is 5.60 Å². The van der Waals surface area contributed by atoms with Crippen molar-refractivity contribution in [2.24, 2.45) is 5.92 Å². The highest BCUT2D eigenvalue weighted by Gasteiger charge is 2.40. The largest absolute Gasteiger partial charge is 0.390 e. The normalized spacial score (nSPS) is 40.8. The van der Waals surface area contributed by atoms with E-state index in [0.29, 0.717) is 18.0 Å². The first-order valence-corrected chi connectivity index (χ1v) is 6.56. The Morgan fingerprint density at radius 3 is 2.40 bits per heavy atom. The quantitative estimate of drug-likeness (QED) is 0.751. The van der Waals surface area contributed by atoms with Crippen LogP contribution in [0, 0.1) is 5.92 Å². The van der Waals surface area contributed by atoms with Gasteiger partial charge in [0, 0.05) is 12.1 Å². The Morgan fingerprint density at radius 2 is 1.87 bits per heavy atom. The van der Waals surface area contributed by atoms with Crippen LogP contribution in [0.3, 0.4) is 0 Å². The maximum Gasteiger partial charge on any atom is 0.0677 e. The van der Waals surface area contributed by atoms with Crippen LogP contribution >= 0.6 is 0 Å². The summed E-state index contributed by atoms with van der Waals surface area (Å²) in [5.74, 6) is 0.712. The van der Waals surface area contributed by atoms with E-state index in [0.717, 1.165) is 25.7 Å².